The Morgan fingerprint density at radius 1 is 1.44 bits per heavy atom. The Morgan fingerprint density at radius 2 is 2.11 bits per heavy atom. The van der Waals surface area contributed by atoms with Gasteiger partial charge >= 0.3 is 5.97 Å². The average Bonchev–Trinajstić information content (AvgIpc) is 2.27. The van der Waals surface area contributed by atoms with Crippen LogP contribution in [0.25, 0.3) is 0 Å². The average molecular weight is 250 g/mol. The molecule has 1 fully saturated rings. The third kappa shape index (κ3) is 2.12. The molecule has 3 nitrogen and oxygen atoms in total. The van der Waals surface area contributed by atoms with Gasteiger partial charge < -0.3 is 10.2 Å². The molecule has 100 valence electrons. The Balaban J connectivity index is 2.23. The number of aliphatic hydroxyl groups is 1. The van der Waals surface area contributed by atoms with Crippen LogP contribution in [0.4, 0.5) is 0 Å². The molecular weight excluding hydrogens is 228 g/mol. The third-order valence-electron chi connectivity index (χ3n) is 4.94. The fourth-order valence-corrected chi connectivity index (χ4v) is 3.73. The van der Waals surface area contributed by atoms with Gasteiger partial charge in [0.25, 0.3) is 0 Å². The normalized spacial score (nSPS) is 43.3. The van der Waals surface area contributed by atoms with Gasteiger partial charge in [0, 0.05) is 5.57 Å². The van der Waals surface area contributed by atoms with E-state index in [9.17, 15) is 9.90 Å². The van der Waals surface area contributed by atoms with E-state index in [-0.39, 0.29) is 17.3 Å². The van der Waals surface area contributed by atoms with E-state index in [0.29, 0.717) is 5.57 Å². The van der Waals surface area contributed by atoms with Crippen molar-refractivity contribution in [2.45, 2.75) is 45.1 Å². The molecule has 0 spiro atoms. The summed E-state index contributed by atoms with van der Waals surface area (Å²) >= 11 is 0. The summed E-state index contributed by atoms with van der Waals surface area (Å²) in [5, 5.41) is 19.6. The van der Waals surface area contributed by atoms with Crippen molar-refractivity contribution in [3.05, 3.63) is 24.3 Å². The van der Waals surface area contributed by atoms with E-state index in [1.807, 2.05) is 13.0 Å². The SMILES string of the molecule is C=C(C(=O)O)C1CCC2(C)CC=CC(C)(O)C2C1. The Kier molecular flexibility index (Phi) is 3.14. The van der Waals surface area contributed by atoms with Crippen molar-refractivity contribution in [3.63, 3.8) is 0 Å². The molecule has 0 aromatic heterocycles. The van der Waals surface area contributed by atoms with Crippen molar-refractivity contribution < 1.29 is 15.0 Å². The molecule has 4 unspecified atom stereocenters. The van der Waals surface area contributed by atoms with Crippen LogP contribution in [0.3, 0.4) is 0 Å². The molecule has 2 aliphatic carbocycles. The molecule has 3 heteroatoms. The highest BCUT2D eigenvalue weighted by Crippen LogP contribution is 2.54. The molecule has 0 bridgehead atoms. The van der Waals surface area contributed by atoms with Crippen LogP contribution in [-0.2, 0) is 4.79 Å². The smallest absolute Gasteiger partial charge is 0.331 e. The number of fused-ring (bicyclic) bond motifs is 1. The van der Waals surface area contributed by atoms with Gasteiger partial charge in [-0.1, -0.05) is 25.7 Å². The molecule has 4 atom stereocenters. The molecule has 0 heterocycles. The first-order valence-corrected chi connectivity index (χ1v) is 6.58. The van der Waals surface area contributed by atoms with E-state index in [1.54, 1.807) is 0 Å². The standard InChI is InChI=1S/C15H22O3/c1-10(13(16)17)11-5-8-14(2)6-4-7-15(3,18)12(14)9-11/h4,7,11-12,18H,1,5-6,8-9H2,2-3H3,(H,16,17). The molecule has 0 aliphatic heterocycles. The van der Waals surface area contributed by atoms with Crippen LogP contribution < -0.4 is 0 Å². The Morgan fingerprint density at radius 3 is 2.72 bits per heavy atom. The second kappa shape index (κ2) is 4.23. The summed E-state index contributed by atoms with van der Waals surface area (Å²) in [6.07, 6.45) is 7.43. The molecule has 2 aliphatic rings. The topological polar surface area (TPSA) is 57.5 Å². The highest BCUT2D eigenvalue weighted by Gasteiger charge is 2.49. The maximum absolute atomic E-state index is 11.0. The number of carboxylic acid groups (broad SMARTS) is 1. The lowest BCUT2D eigenvalue weighted by Gasteiger charge is -2.51. The Bertz CT molecular complexity index is 408. The van der Waals surface area contributed by atoms with Crippen LogP contribution in [0.15, 0.2) is 24.3 Å². The summed E-state index contributed by atoms with van der Waals surface area (Å²) in [5.41, 5.74) is -0.444. The molecule has 0 saturated heterocycles. The second-order valence-electron chi connectivity index (χ2n) is 6.34. The lowest BCUT2D eigenvalue weighted by molar-refractivity contribution is -0.134. The summed E-state index contributed by atoms with van der Waals surface area (Å²) in [6, 6.07) is 0. The first kappa shape index (κ1) is 13.3. The van der Waals surface area contributed by atoms with Gasteiger partial charge in [0.15, 0.2) is 0 Å². The predicted molar refractivity (Wildman–Crippen MR) is 70.1 cm³/mol. The summed E-state index contributed by atoms with van der Waals surface area (Å²) in [5.74, 6) is -0.794. The lowest BCUT2D eigenvalue weighted by atomic mass is 9.55. The minimum atomic E-state index is -0.908. The number of allylic oxidation sites excluding steroid dienone is 1. The monoisotopic (exact) mass is 250 g/mol. The van der Waals surface area contributed by atoms with E-state index >= 15 is 0 Å². The van der Waals surface area contributed by atoms with Crippen LogP contribution in [-0.4, -0.2) is 21.8 Å². The minimum absolute atomic E-state index is 0.00134. The van der Waals surface area contributed by atoms with Crippen LogP contribution >= 0.6 is 0 Å². The zero-order valence-electron chi connectivity index (χ0n) is 11.1. The highest BCUT2D eigenvalue weighted by molar-refractivity contribution is 5.86. The van der Waals surface area contributed by atoms with Gasteiger partial charge in [0.2, 0.25) is 0 Å². The zero-order chi connectivity index (χ0) is 13.6. The van der Waals surface area contributed by atoms with Gasteiger partial charge in [0.1, 0.15) is 0 Å². The summed E-state index contributed by atoms with van der Waals surface area (Å²) < 4.78 is 0. The number of rotatable bonds is 2. The number of hydrogen-bond donors (Lipinski definition) is 2. The van der Waals surface area contributed by atoms with E-state index in [4.69, 9.17) is 5.11 Å². The van der Waals surface area contributed by atoms with Crippen LogP contribution in [0, 0.1) is 17.3 Å². The number of carbonyl (C=O) groups is 1. The van der Waals surface area contributed by atoms with E-state index < -0.39 is 11.6 Å². The largest absolute Gasteiger partial charge is 0.478 e. The van der Waals surface area contributed by atoms with Gasteiger partial charge in [-0.25, -0.2) is 4.79 Å². The van der Waals surface area contributed by atoms with Gasteiger partial charge in [-0.05, 0) is 49.9 Å². The Labute approximate surface area is 108 Å². The predicted octanol–water partition coefficient (Wildman–Crippen LogP) is 2.76. The molecular formula is C15H22O3. The van der Waals surface area contributed by atoms with Gasteiger partial charge in [-0.15, -0.1) is 0 Å². The molecule has 2 rings (SSSR count). The molecule has 0 amide bonds. The van der Waals surface area contributed by atoms with Gasteiger partial charge in [-0.2, -0.15) is 0 Å². The minimum Gasteiger partial charge on any atom is -0.478 e. The second-order valence-corrected chi connectivity index (χ2v) is 6.34. The third-order valence-corrected chi connectivity index (χ3v) is 4.94. The summed E-state index contributed by atoms with van der Waals surface area (Å²) in [7, 11) is 0. The number of aliphatic carboxylic acids is 1. The van der Waals surface area contributed by atoms with Crippen molar-refractivity contribution in [2.75, 3.05) is 0 Å². The first-order valence-electron chi connectivity index (χ1n) is 6.58. The number of carboxylic acids is 1. The van der Waals surface area contributed by atoms with Crippen molar-refractivity contribution in [1.82, 2.24) is 0 Å². The van der Waals surface area contributed by atoms with Crippen molar-refractivity contribution >= 4 is 5.97 Å². The van der Waals surface area contributed by atoms with Crippen LogP contribution in [0.1, 0.15) is 39.5 Å². The fraction of sp³-hybridized carbons (Fsp3) is 0.667. The van der Waals surface area contributed by atoms with Crippen LogP contribution in [0.5, 0.6) is 0 Å². The molecule has 0 aromatic rings. The summed E-state index contributed by atoms with van der Waals surface area (Å²) in [6.45, 7) is 7.72. The van der Waals surface area contributed by atoms with E-state index in [0.717, 1.165) is 25.7 Å². The van der Waals surface area contributed by atoms with E-state index in [2.05, 4.69) is 19.6 Å². The van der Waals surface area contributed by atoms with Crippen molar-refractivity contribution in [3.8, 4) is 0 Å². The van der Waals surface area contributed by atoms with E-state index in [1.165, 1.54) is 0 Å². The quantitative estimate of drug-likeness (QED) is 0.585. The first-order chi connectivity index (χ1) is 8.26. The lowest BCUT2D eigenvalue weighted by Crippen LogP contribution is -2.49. The molecule has 18 heavy (non-hydrogen) atoms. The van der Waals surface area contributed by atoms with Crippen molar-refractivity contribution in [2.24, 2.45) is 17.3 Å². The zero-order valence-corrected chi connectivity index (χ0v) is 11.1. The Hall–Kier alpha value is -1.09. The van der Waals surface area contributed by atoms with Gasteiger partial charge in [-0.3, -0.25) is 0 Å². The fourth-order valence-electron chi connectivity index (χ4n) is 3.73. The van der Waals surface area contributed by atoms with Gasteiger partial charge in [0.05, 0.1) is 5.60 Å². The molecule has 2 N–H and O–H groups in total. The molecule has 0 radical (unpaired) electrons. The van der Waals surface area contributed by atoms with Crippen LogP contribution in [0.2, 0.25) is 0 Å². The molecule has 0 aromatic carbocycles. The highest BCUT2D eigenvalue weighted by atomic mass is 16.4. The number of hydrogen-bond acceptors (Lipinski definition) is 2. The van der Waals surface area contributed by atoms with Crippen molar-refractivity contribution in [1.29, 1.82) is 0 Å². The summed E-state index contributed by atoms with van der Waals surface area (Å²) in [4.78, 5) is 11.0. The molecule has 1 saturated carbocycles. The maximum atomic E-state index is 11.0. The maximum Gasteiger partial charge on any atom is 0.331 e.